The van der Waals surface area contributed by atoms with Crippen molar-refractivity contribution in [3.8, 4) is 0 Å². The molecule has 0 saturated heterocycles. The molecule has 0 bridgehead atoms. The Labute approximate surface area is 112 Å². The monoisotopic (exact) mass is 242 g/mol. The van der Waals surface area contributed by atoms with Crippen molar-refractivity contribution in [2.24, 2.45) is 23.2 Å². The van der Waals surface area contributed by atoms with Gasteiger partial charge in [0.05, 0.1) is 0 Å². The smallest absolute Gasteiger partial charge is 0.000990 e. The van der Waals surface area contributed by atoms with Crippen molar-refractivity contribution < 1.29 is 0 Å². The zero-order chi connectivity index (χ0) is 12.2. The van der Waals surface area contributed by atoms with E-state index in [1.807, 2.05) is 11.1 Å². The molecular formula is C18H26. The molecule has 4 atom stereocenters. The predicted octanol–water partition coefficient (Wildman–Crippen LogP) is 5.26. The van der Waals surface area contributed by atoms with E-state index in [0.717, 1.165) is 17.8 Å². The molecule has 0 aromatic carbocycles. The Morgan fingerprint density at radius 1 is 1.11 bits per heavy atom. The summed E-state index contributed by atoms with van der Waals surface area (Å²) < 4.78 is 0. The number of allylic oxidation sites excluding steroid dienone is 4. The lowest BCUT2D eigenvalue weighted by molar-refractivity contribution is 0.137. The molecule has 0 amide bonds. The normalized spacial score (nSPS) is 46.6. The molecule has 0 N–H and O–H groups in total. The molecule has 0 heterocycles. The first-order chi connectivity index (χ1) is 8.78. The number of rotatable bonds is 0. The third-order valence-corrected chi connectivity index (χ3v) is 6.57. The number of fused-ring (bicyclic) bond motifs is 5. The molecule has 0 aromatic rings. The Hall–Kier alpha value is -0.520. The van der Waals surface area contributed by atoms with E-state index in [0.29, 0.717) is 5.41 Å². The van der Waals surface area contributed by atoms with Crippen molar-refractivity contribution in [1.29, 1.82) is 0 Å². The van der Waals surface area contributed by atoms with Gasteiger partial charge in [-0.3, -0.25) is 0 Å². The van der Waals surface area contributed by atoms with E-state index < -0.39 is 0 Å². The molecule has 0 radical (unpaired) electrons. The van der Waals surface area contributed by atoms with Crippen molar-refractivity contribution in [2.45, 2.75) is 64.7 Å². The molecule has 4 aliphatic carbocycles. The SMILES string of the molecule is C[C@]12CC=C3[C@H]4CCCC=C4CC[C@H]3[C@@H]1CCC2. The molecule has 4 rings (SSSR count). The molecule has 2 fully saturated rings. The topological polar surface area (TPSA) is 0 Å². The summed E-state index contributed by atoms with van der Waals surface area (Å²) in [6.07, 6.45) is 18.3. The first-order valence-electron chi connectivity index (χ1n) is 8.17. The van der Waals surface area contributed by atoms with Gasteiger partial charge in [0.15, 0.2) is 0 Å². The third kappa shape index (κ3) is 1.50. The Morgan fingerprint density at radius 2 is 2.06 bits per heavy atom. The Bertz CT molecular complexity index is 414. The Balaban J connectivity index is 1.71. The van der Waals surface area contributed by atoms with Gasteiger partial charge >= 0.3 is 0 Å². The summed E-state index contributed by atoms with van der Waals surface area (Å²) in [5.41, 5.74) is 4.37. The second kappa shape index (κ2) is 3.99. The molecular weight excluding hydrogens is 216 g/mol. The highest BCUT2D eigenvalue weighted by Gasteiger charge is 2.48. The summed E-state index contributed by atoms with van der Waals surface area (Å²) in [6.45, 7) is 2.57. The van der Waals surface area contributed by atoms with Crippen LogP contribution in [-0.4, -0.2) is 0 Å². The molecule has 0 spiro atoms. The fraction of sp³-hybridized carbons (Fsp3) is 0.778. The zero-order valence-electron chi connectivity index (χ0n) is 11.8. The predicted molar refractivity (Wildman–Crippen MR) is 76.3 cm³/mol. The molecule has 4 aliphatic rings. The van der Waals surface area contributed by atoms with Crippen molar-refractivity contribution in [3.05, 3.63) is 23.3 Å². The van der Waals surface area contributed by atoms with E-state index in [9.17, 15) is 0 Å². The van der Waals surface area contributed by atoms with Crippen molar-refractivity contribution >= 4 is 0 Å². The lowest BCUT2D eigenvalue weighted by Crippen LogP contribution is -2.37. The van der Waals surface area contributed by atoms with Crippen molar-refractivity contribution in [1.82, 2.24) is 0 Å². The summed E-state index contributed by atoms with van der Waals surface area (Å²) in [5, 5.41) is 0. The minimum absolute atomic E-state index is 0.671. The first-order valence-corrected chi connectivity index (χ1v) is 8.17. The van der Waals surface area contributed by atoms with Crippen molar-refractivity contribution in [3.63, 3.8) is 0 Å². The minimum Gasteiger partial charge on any atom is -0.0847 e. The maximum Gasteiger partial charge on any atom is 0.000990 e. The molecule has 0 aromatic heterocycles. The van der Waals surface area contributed by atoms with Crippen LogP contribution in [0.1, 0.15) is 64.7 Å². The number of hydrogen-bond donors (Lipinski definition) is 0. The van der Waals surface area contributed by atoms with Gasteiger partial charge in [0, 0.05) is 5.92 Å². The maximum absolute atomic E-state index is 2.69. The standard InChI is InChI=1S/C18H26/c1-18-11-4-7-17(18)16-9-8-13-5-2-3-6-14(13)15(16)10-12-18/h5,10,14,16-17H,2-4,6-9,11-12H2,1H3/t14-,16+,17-,18-/m0/s1. The van der Waals surface area contributed by atoms with Crippen LogP contribution in [0.4, 0.5) is 0 Å². The second-order valence-electron chi connectivity index (χ2n) is 7.47. The molecule has 18 heavy (non-hydrogen) atoms. The highest BCUT2D eigenvalue weighted by atomic mass is 14.5. The zero-order valence-corrected chi connectivity index (χ0v) is 11.8. The largest absolute Gasteiger partial charge is 0.0847 e. The van der Waals surface area contributed by atoms with E-state index in [-0.39, 0.29) is 0 Å². The van der Waals surface area contributed by atoms with Crippen LogP contribution in [0.2, 0.25) is 0 Å². The fourth-order valence-electron chi connectivity index (χ4n) is 5.62. The summed E-state index contributed by atoms with van der Waals surface area (Å²) in [4.78, 5) is 0. The van der Waals surface area contributed by atoms with Gasteiger partial charge in [0.25, 0.3) is 0 Å². The molecule has 2 saturated carbocycles. The van der Waals surface area contributed by atoms with E-state index in [1.54, 1.807) is 0 Å². The van der Waals surface area contributed by atoms with Crippen molar-refractivity contribution in [2.75, 3.05) is 0 Å². The number of hydrogen-bond acceptors (Lipinski definition) is 0. The summed E-state index contributed by atoms with van der Waals surface area (Å²) in [6, 6.07) is 0. The molecule has 98 valence electrons. The second-order valence-corrected chi connectivity index (χ2v) is 7.47. The highest BCUT2D eigenvalue weighted by Crippen LogP contribution is 2.59. The van der Waals surface area contributed by atoms with Gasteiger partial charge in [-0.05, 0) is 68.6 Å². The van der Waals surface area contributed by atoms with Crippen LogP contribution in [0.3, 0.4) is 0 Å². The summed E-state index contributed by atoms with van der Waals surface area (Å²) in [5.74, 6) is 2.87. The van der Waals surface area contributed by atoms with Crippen LogP contribution in [0, 0.1) is 23.2 Å². The van der Waals surface area contributed by atoms with Gasteiger partial charge in [-0.2, -0.15) is 0 Å². The lowest BCUT2D eigenvalue weighted by Gasteiger charge is -2.48. The van der Waals surface area contributed by atoms with E-state index >= 15 is 0 Å². The van der Waals surface area contributed by atoms with Gasteiger partial charge in [-0.25, -0.2) is 0 Å². The van der Waals surface area contributed by atoms with Crippen LogP contribution in [0.5, 0.6) is 0 Å². The highest BCUT2D eigenvalue weighted by molar-refractivity contribution is 5.32. The van der Waals surface area contributed by atoms with Crippen LogP contribution < -0.4 is 0 Å². The van der Waals surface area contributed by atoms with Gasteiger partial charge in [-0.15, -0.1) is 0 Å². The van der Waals surface area contributed by atoms with Crippen LogP contribution in [-0.2, 0) is 0 Å². The quantitative estimate of drug-likeness (QED) is 0.508. The van der Waals surface area contributed by atoms with Gasteiger partial charge in [-0.1, -0.05) is 36.6 Å². The van der Waals surface area contributed by atoms with Crippen LogP contribution in [0.25, 0.3) is 0 Å². The lowest BCUT2D eigenvalue weighted by atomic mass is 9.57. The average Bonchev–Trinajstić information content (AvgIpc) is 2.80. The maximum atomic E-state index is 2.69. The molecule has 0 unspecified atom stereocenters. The average molecular weight is 242 g/mol. The van der Waals surface area contributed by atoms with E-state index in [1.165, 1.54) is 57.8 Å². The first kappa shape index (κ1) is 11.3. The molecule has 0 nitrogen and oxygen atoms in total. The van der Waals surface area contributed by atoms with Crippen LogP contribution in [0.15, 0.2) is 23.3 Å². The third-order valence-electron chi connectivity index (χ3n) is 6.57. The Kier molecular flexibility index (Phi) is 2.51. The van der Waals surface area contributed by atoms with E-state index in [4.69, 9.17) is 0 Å². The summed E-state index contributed by atoms with van der Waals surface area (Å²) in [7, 11) is 0. The summed E-state index contributed by atoms with van der Waals surface area (Å²) >= 11 is 0. The Morgan fingerprint density at radius 3 is 3.00 bits per heavy atom. The van der Waals surface area contributed by atoms with Gasteiger partial charge in [0.1, 0.15) is 0 Å². The van der Waals surface area contributed by atoms with Gasteiger partial charge < -0.3 is 0 Å². The van der Waals surface area contributed by atoms with Crippen LogP contribution >= 0.6 is 0 Å². The van der Waals surface area contributed by atoms with Gasteiger partial charge in [0.2, 0.25) is 0 Å². The van der Waals surface area contributed by atoms with E-state index in [2.05, 4.69) is 19.1 Å². The fourth-order valence-corrected chi connectivity index (χ4v) is 5.62. The molecule has 0 heteroatoms. The molecule has 0 aliphatic heterocycles. The minimum atomic E-state index is 0.671.